The van der Waals surface area contributed by atoms with Crippen LogP contribution in [0.2, 0.25) is 0 Å². The lowest BCUT2D eigenvalue weighted by Crippen LogP contribution is -2.38. The Bertz CT molecular complexity index is 202. The molecule has 0 spiro atoms. The fraction of sp³-hybridized carbons (Fsp3) is 1.00. The van der Waals surface area contributed by atoms with Crippen molar-refractivity contribution in [1.29, 1.82) is 0 Å². The number of hydrogen-bond acceptors (Lipinski definition) is 4. The fourth-order valence-electron chi connectivity index (χ4n) is 1.24. The van der Waals surface area contributed by atoms with E-state index in [1.165, 1.54) is 0 Å². The predicted molar refractivity (Wildman–Crippen MR) is 43.6 cm³/mol. The van der Waals surface area contributed by atoms with Gasteiger partial charge in [-0.15, -0.1) is 0 Å². The van der Waals surface area contributed by atoms with Crippen molar-refractivity contribution in [3.05, 3.63) is 0 Å². The first-order valence-electron chi connectivity index (χ1n) is 3.82. The summed E-state index contributed by atoms with van der Waals surface area (Å²) in [5, 5.41) is 2.99. The quantitative estimate of drug-likeness (QED) is 0.653. The van der Waals surface area contributed by atoms with E-state index in [1.54, 1.807) is 6.92 Å². The molecule has 12 heavy (non-hydrogen) atoms. The van der Waals surface area contributed by atoms with Crippen molar-refractivity contribution in [3.8, 4) is 0 Å². The molecule has 0 aromatic rings. The summed E-state index contributed by atoms with van der Waals surface area (Å²) in [5.41, 5.74) is -0.708. The maximum Gasteiger partial charge on any atom is 0.473 e. The van der Waals surface area contributed by atoms with Crippen LogP contribution in [0, 0.1) is 0 Å². The molecule has 0 aromatic carbocycles. The monoisotopic (exact) mass is 195 g/mol. The second-order valence-electron chi connectivity index (χ2n) is 3.00. The van der Waals surface area contributed by atoms with Gasteiger partial charge in [-0.3, -0.25) is 14.4 Å². The standard InChI is InChI=1S/C6H14NO4P/c1-6(4-3-5-7-6)11-12(8,9)10-2/h7H,3-5H2,1-2H3,(H,8,9). The van der Waals surface area contributed by atoms with Crippen LogP contribution in [0.5, 0.6) is 0 Å². The van der Waals surface area contributed by atoms with Crippen molar-refractivity contribution >= 4 is 7.82 Å². The maximum absolute atomic E-state index is 11.0. The van der Waals surface area contributed by atoms with Crippen LogP contribution in [-0.2, 0) is 13.6 Å². The van der Waals surface area contributed by atoms with Gasteiger partial charge in [0.15, 0.2) is 0 Å². The van der Waals surface area contributed by atoms with E-state index >= 15 is 0 Å². The average molecular weight is 195 g/mol. The highest BCUT2D eigenvalue weighted by atomic mass is 31.2. The van der Waals surface area contributed by atoms with E-state index in [0.29, 0.717) is 0 Å². The van der Waals surface area contributed by atoms with Crippen molar-refractivity contribution < 1.29 is 18.5 Å². The van der Waals surface area contributed by atoms with E-state index in [1.807, 2.05) is 0 Å². The second kappa shape index (κ2) is 3.44. The van der Waals surface area contributed by atoms with Crippen LogP contribution in [0.3, 0.4) is 0 Å². The largest absolute Gasteiger partial charge is 0.473 e. The van der Waals surface area contributed by atoms with Gasteiger partial charge in [-0.25, -0.2) is 4.57 Å². The van der Waals surface area contributed by atoms with Crippen molar-refractivity contribution in [3.63, 3.8) is 0 Å². The van der Waals surface area contributed by atoms with Gasteiger partial charge in [-0.05, 0) is 26.3 Å². The lowest BCUT2D eigenvalue weighted by Gasteiger charge is -2.25. The van der Waals surface area contributed by atoms with Crippen LogP contribution in [-0.4, -0.2) is 24.3 Å². The minimum atomic E-state index is -3.85. The summed E-state index contributed by atoms with van der Waals surface area (Å²) in [5.74, 6) is 0. The average Bonchev–Trinajstić information content (AvgIpc) is 2.35. The SMILES string of the molecule is COP(=O)(O)OC1(C)CCCN1. The second-order valence-corrected chi connectivity index (χ2v) is 4.49. The number of nitrogens with one attached hydrogen (secondary N) is 1. The van der Waals surface area contributed by atoms with Crippen molar-refractivity contribution in [2.75, 3.05) is 13.7 Å². The Morgan fingerprint density at radius 1 is 1.67 bits per heavy atom. The Morgan fingerprint density at radius 3 is 2.75 bits per heavy atom. The fourth-order valence-corrected chi connectivity index (χ4v) is 1.98. The number of hydrogen-bond donors (Lipinski definition) is 2. The smallest absolute Gasteiger partial charge is 0.302 e. The van der Waals surface area contributed by atoms with E-state index in [4.69, 9.17) is 9.42 Å². The van der Waals surface area contributed by atoms with E-state index < -0.39 is 13.5 Å². The third kappa shape index (κ3) is 2.54. The van der Waals surface area contributed by atoms with Gasteiger partial charge in [0, 0.05) is 7.11 Å². The van der Waals surface area contributed by atoms with Gasteiger partial charge in [0.1, 0.15) is 5.72 Å². The first-order valence-corrected chi connectivity index (χ1v) is 5.31. The summed E-state index contributed by atoms with van der Waals surface area (Å²) in [7, 11) is -2.70. The third-order valence-electron chi connectivity index (χ3n) is 1.88. The van der Waals surface area contributed by atoms with Gasteiger partial charge in [0.2, 0.25) is 0 Å². The van der Waals surface area contributed by atoms with Crippen molar-refractivity contribution in [2.45, 2.75) is 25.5 Å². The minimum Gasteiger partial charge on any atom is -0.302 e. The highest BCUT2D eigenvalue weighted by Gasteiger charge is 2.36. The van der Waals surface area contributed by atoms with Gasteiger partial charge in [-0.1, -0.05) is 0 Å². The maximum atomic E-state index is 11.0. The van der Waals surface area contributed by atoms with Crippen LogP contribution in [0.1, 0.15) is 19.8 Å². The van der Waals surface area contributed by atoms with Gasteiger partial charge in [-0.2, -0.15) is 0 Å². The summed E-state index contributed by atoms with van der Waals surface area (Å²) in [6.45, 7) is 2.54. The van der Waals surface area contributed by atoms with E-state index in [0.717, 1.165) is 26.5 Å². The Labute approximate surface area is 71.7 Å². The predicted octanol–water partition coefficient (Wildman–Crippen LogP) is 0.849. The molecule has 1 rings (SSSR count). The molecule has 0 bridgehead atoms. The van der Waals surface area contributed by atoms with Crippen LogP contribution >= 0.6 is 7.82 Å². The highest BCUT2D eigenvalue weighted by molar-refractivity contribution is 7.47. The van der Waals surface area contributed by atoms with Crippen LogP contribution in [0.15, 0.2) is 0 Å². The summed E-state index contributed by atoms with van der Waals surface area (Å²) in [6.07, 6.45) is 1.67. The molecule has 0 radical (unpaired) electrons. The molecule has 1 fully saturated rings. The molecule has 1 saturated heterocycles. The Morgan fingerprint density at radius 2 is 2.33 bits per heavy atom. The summed E-state index contributed by atoms with van der Waals surface area (Å²) >= 11 is 0. The lowest BCUT2D eigenvalue weighted by molar-refractivity contribution is 0.0304. The molecule has 0 saturated carbocycles. The Hall–Kier alpha value is 0.0700. The molecule has 2 unspecified atom stereocenters. The molecule has 0 aromatic heterocycles. The zero-order chi connectivity index (χ0) is 9.24. The first kappa shape index (κ1) is 10.2. The molecule has 1 aliphatic heterocycles. The summed E-state index contributed by atoms with van der Waals surface area (Å²) in [6, 6.07) is 0. The Balaban J connectivity index is 2.54. The van der Waals surface area contributed by atoms with E-state index in [9.17, 15) is 4.57 Å². The molecule has 2 N–H and O–H groups in total. The Kier molecular flexibility index (Phi) is 2.91. The third-order valence-corrected chi connectivity index (χ3v) is 2.97. The zero-order valence-electron chi connectivity index (χ0n) is 7.24. The van der Waals surface area contributed by atoms with Crippen LogP contribution in [0.4, 0.5) is 0 Å². The molecule has 1 aliphatic rings. The molecular formula is C6H14NO4P. The highest BCUT2D eigenvalue weighted by Crippen LogP contribution is 2.47. The van der Waals surface area contributed by atoms with Gasteiger partial charge in [0.25, 0.3) is 0 Å². The van der Waals surface area contributed by atoms with Crippen molar-refractivity contribution in [2.24, 2.45) is 0 Å². The number of phosphoric ester groups is 1. The van der Waals surface area contributed by atoms with Crippen LogP contribution in [0.25, 0.3) is 0 Å². The van der Waals surface area contributed by atoms with E-state index in [-0.39, 0.29) is 0 Å². The molecule has 6 heteroatoms. The molecule has 1 heterocycles. The zero-order valence-corrected chi connectivity index (χ0v) is 8.13. The molecule has 0 aliphatic carbocycles. The molecule has 5 nitrogen and oxygen atoms in total. The molecule has 72 valence electrons. The van der Waals surface area contributed by atoms with Crippen molar-refractivity contribution in [1.82, 2.24) is 5.32 Å². The first-order chi connectivity index (χ1) is 5.47. The van der Waals surface area contributed by atoms with Crippen LogP contribution < -0.4 is 5.32 Å². The normalized spacial score (nSPS) is 34.9. The van der Waals surface area contributed by atoms with Gasteiger partial charge >= 0.3 is 7.82 Å². The minimum absolute atomic E-state index is 0.708. The topological polar surface area (TPSA) is 67.8 Å². The summed E-state index contributed by atoms with van der Waals surface area (Å²) < 4.78 is 20.2. The molecule has 2 atom stereocenters. The summed E-state index contributed by atoms with van der Waals surface area (Å²) in [4.78, 5) is 9.02. The van der Waals surface area contributed by atoms with Gasteiger partial charge < -0.3 is 4.89 Å². The van der Waals surface area contributed by atoms with E-state index in [2.05, 4.69) is 9.84 Å². The lowest BCUT2D eigenvalue weighted by atomic mass is 10.2. The number of rotatable bonds is 3. The molecular weight excluding hydrogens is 181 g/mol. The van der Waals surface area contributed by atoms with Gasteiger partial charge in [0.05, 0.1) is 0 Å². The molecule has 0 amide bonds. The number of phosphoric acid groups is 1.